The maximum atomic E-state index is 14.7. The van der Waals surface area contributed by atoms with Crippen molar-refractivity contribution in [2.24, 2.45) is 0 Å². The van der Waals surface area contributed by atoms with Crippen LogP contribution in [0.2, 0.25) is 0 Å². The molecule has 0 N–H and O–H groups in total. The van der Waals surface area contributed by atoms with Crippen molar-refractivity contribution in [2.45, 2.75) is 58.1 Å². The molecule has 0 unspecified atom stereocenters. The number of carbonyl (C=O) groups excluding carboxylic acids is 1. The summed E-state index contributed by atoms with van der Waals surface area (Å²) in [6.07, 6.45) is 4.78. The lowest BCUT2D eigenvalue weighted by atomic mass is 10.0. The Morgan fingerprint density at radius 3 is 2.41 bits per heavy atom. The number of likely N-dealkylation sites (tertiary alicyclic amines) is 2. The normalized spacial score (nSPS) is 16.3. The number of carbonyl (C=O) groups is 1. The van der Waals surface area contributed by atoms with E-state index in [1.54, 1.807) is 12.3 Å². The molecule has 0 aliphatic carbocycles. The van der Waals surface area contributed by atoms with Crippen LogP contribution < -0.4 is 4.74 Å². The fourth-order valence-electron chi connectivity index (χ4n) is 5.08. The highest BCUT2D eigenvalue weighted by Crippen LogP contribution is 2.25. The van der Waals surface area contributed by atoms with E-state index in [9.17, 15) is 9.18 Å². The number of halogens is 1. The number of rotatable bonds is 9. The minimum atomic E-state index is -0.277. The van der Waals surface area contributed by atoms with Gasteiger partial charge >= 0.3 is 0 Å². The molecule has 3 heterocycles. The predicted molar refractivity (Wildman–Crippen MR) is 144 cm³/mol. The third kappa shape index (κ3) is 6.37. The summed E-state index contributed by atoms with van der Waals surface area (Å²) in [6.45, 7) is 8.77. The molecule has 194 valence electrons. The largest absolute Gasteiger partial charge is 0.472 e. The molecule has 5 rings (SSSR count). The minimum Gasteiger partial charge on any atom is -0.472 e. The topological polar surface area (TPSA) is 45.7 Å². The highest BCUT2D eigenvalue weighted by atomic mass is 19.1. The lowest BCUT2D eigenvalue weighted by Crippen LogP contribution is -2.53. The Bertz CT molecular complexity index is 1200. The van der Waals surface area contributed by atoms with Gasteiger partial charge < -0.3 is 9.64 Å². The number of aromatic nitrogens is 1. The van der Waals surface area contributed by atoms with Crippen LogP contribution in [0.25, 0.3) is 11.1 Å². The van der Waals surface area contributed by atoms with E-state index in [4.69, 9.17) is 4.74 Å². The quantitative estimate of drug-likeness (QED) is 0.370. The Balaban J connectivity index is 1.09. The van der Waals surface area contributed by atoms with E-state index in [0.29, 0.717) is 30.2 Å². The molecule has 1 aromatic heterocycles. The van der Waals surface area contributed by atoms with Gasteiger partial charge in [-0.15, -0.1) is 0 Å². The molecule has 0 atom stereocenters. The van der Waals surface area contributed by atoms with Gasteiger partial charge in [0.15, 0.2) is 0 Å². The molecule has 0 radical (unpaired) electrons. The van der Waals surface area contributed by atoms with Crippen molar-refractivity contribution in [3.8, 4) is 17.0 Å². The number of aryl methyl sites for hydroxylation is 1. The molecule has 3 aromatic rings. The highest BCUT2D eigenvalue weighted by molar-refractivity contribution is 5.76. The molecule has 2 fully saturated rings. The molecule has 0 spiro atoms. The Morgan fingerprint density at radius 2 is 1.76 bits per heavy atom. The molecule has 2 saturated heterocycles. The second kappa shape index (κ2) is 11.4. The van der Waals surface area contributed by atoms with Gasteiger partial charge in [-0.1, -0.05) is 50.2 Å². The van der Waals surface area contributed by atoms with Crippen LogP contribution in [0, 0.1) is 5.82 Å². The zero-order valence-electron chi connectivity index (χ0n) is 21.8. The summed E-state index contributed by atoms with van der Waals surface area (Å²) >= 11 is 0. The fourth-order valence-corrected chi connectivity index (χ4v) is 5.08. The minimum absolute atomic E-state index is 0.121. The van der Waals surface area contributed by atoms with Gasteiger partial charge in [0.05, 0.1) is 0 Å². The fraction of sp³-hybridized carbons (Fsp3) is 0.419. The monoisotopic (exact) mass is 501 g/mol. The molecule has 1 amide bonds. The van der Waals surface area contributed by atoms with Crippen LogP contribution in [-0.4, -0.2) is 53.0 Å². The summed E-state index contributed by atoms with van der Waals surface area (Å²) in [5, 5.41) is 0. The first-order valence-corrected chi connectivity index (χ1v) is 13.4. The average molecular weight is 502 g/mol. The van der Waals surface area contributed by atoms with Gasteiger partial charge in [-0.3, -0.25) is 9.69 Å². The van der Waals surface area contributed by atoms with Crippen LogP contribution >= 0.6 is 0 Å². The van der Waals surface area contributed by atoms with E-state index in [1.807, 2.05) is 23.1 Å². The van der Waals surface area contributed by atoms with Gasteiger partial charge in [0, 0.05) is 57.0 Å². The van der Waals surface area contributed by atoms with Crippen molar-refractivity contribution >= 4 is 5.91 Å². The van der Waals surface area contributed by atoms with Crippen LogP contribution in [0.5, 0.6) is 5.88 Å². The molecular weight excluding hydrogens is 465 g/mol. The van der Waals surface area contributed by atoms with Crippen molar-refractivity contribution in [1.82, 2.24) is 14.8 Å². The molecule has 5 nitrogen and oxygen atoms in total. The molecule has 2 aromatic carbocycles. The van der Waals surface area contributed by atoms with E-state index in [0.717, 1.165) is 56.7 Å². The first-order chi connectivity index (χ1) is 17.9. The first kappa shape index (κ1) is 25.4. The van der Waals surface area contributed by atoms with Crippen LogP contribution in [0.3, 0.4) is 0 Å². The highest BCUT2D eigenvalue weighted by Gasteiger charge is 2.28. The number of hydrogen-bond donors (Lipinski definition) is 0. The molecule has 0 saturated carbocycles. The molecule has 6 heteroatoms. The van der Waals surface area contributed by atoms with Gasteiger partial charge in [0.25, 0.3) is 0 Å². The summed E-state index contributed by atoms with van der Waals surface area (Å²) in [5.41, 5.74) is 4.87. The lowest BCUT2D eigenvalue weighted by Gasteiger charge is -2.38. The number of pyridine rings is 1. The summed E-state index contributed by atoms with van der Waals surface area (Å²) in [5.74, 6) is 0.984. The maximum Gasteiger partial charge on any atom is 0.222 e. The lowest BCUT2D eigenvalue weighted by molar-refractivity contribution is -0.130. The SMILES string of the molecule is CC(C)c1ccc(CN2CC(Oc3ccc(-c4ccc(CCC(=O)N5CCCC5)c(F)c4)cn3)C2)cc1. The zero-order chi connectivity index (χ0) is 25.8. The number of ether oxygens (including phenoxy) is 1. The van der Waals surface area contributed by atoms with Crippen molar-refractivity contribution in [3.05, 3.63) is 83.3 Å². The smallest absolute Gasteiger partial charge is 0.222 e. The summed E-state index contributed by atoms with van der Waals surface area (Å²) in [4.78, 5) is 21.0. The summed E-state index contributed by atoms with van der Waals surface area (Å²) < 4.78 is 20.8. The summed E-state index contributed by atoms with van der Waals surface area (Å²) in [6, 6.07) is 17.8. The third-order valence-corrected chi connectivity index (χ3v) is 7.45. The Morgan fingerprint density at radius 1 is 1.03 bits per heavy atom. The summed E-state index contributed by atoms with van der Waals surface area (Å²) in [7, 11) is 0. The zero-order valence-corrected chi connectivity index (χ0v) is 21.8. The van der Waals surface area contributed by atoms with Crippen molar-refractivity contribution in [1.29, 1.82) is 0 Å². The standard InChI is InChI=1S/C31H36FN3O2/c1-22(2)24-7-5-23(6-8-24)19-34-20-28(21-34)37-30-13-11-27(18-33-30)26-10-9-25(29(32)17-26)12-14-31(36)35-15-3-4-16-35/h5-11,13,17-18,22,28H,3-4,12,14-16,19-21H2,1-2H3. The number of amides is 1. The van der Waals surface area contributed by atoms with Crippen molar-refractivity contribution < 1.29 is 13.9 Å². The van der Waals surface area contributed by atoms with Gasteiger partial charge in [-0.25, -0.2) is 9.37 Å². The molecular formula is C31H36FN3O2. The van der Waals surface area contributed by atoms with Gasteiger partial charge in [-0.2, -0.15) is 0 Å². The van der Waals surface area contributed by atoms with Crippen LogP contribution in [0.1, 0.15) is 55.7 Å². The molecule has 2 aliphatic heterocycles. The number of hydrogen-bond acceptors (Lipinski definition) is 4. The van der Waals surface area contributed by atoms with Crippen LogP contribution in [0.4, 0.5) is 4.39 Å². The van der Waals surface area contributed by atoms with E-state index in [1.165, 1.54) is 17.2 Å². The van der Waals surface area contributed by atoms with Crippen molar-refractivity contribution in [2.75, 3.05) is 26.2 Å². The number of nitrogens with zero attached hydrogens (tertiary/aromatic N) is 3. The van der Waals surface area contributed by atoms with E-state index in [2.05, 4.69) is 48.0 Å². The van der Waals surface area contributed by atoms with Crippen LogP contribution in [0.15, 0.2) is 60.8 Å². The third-order valence-electron chi connectivity index (χ3n) is 7.45. The maximum absolute atomic E-state index is 14.7. The van der Waals surface area contributed by atoms with Gasteiger partial charge in [0.1, 0.15) is 11.9 Å². The second-order valence-electron chi connectivity index (χ2n) is 10.6. The van der Waals surface area contributed by atoms with Crippen LogP contribution in [-0.2, 0) is 17.8 Å². The predicted octanol–water partition coefficient (Wildman–Crippen LogP) is 5.83. The Labute approximate surface area is 219 Å². The molecule has 2 aliphatic rings. The molecule has 37 heavy (non-hydrogen) atoms. The van der Waals surface area contributed by atoms with E-state index in [-0.39, 0.29) is 17.8 Å². The second-order valence-corrected chi connectivity index (χ2v) is 10.6. The van der Waals surface area contributed by atoms with Gasteiger partial charge in [0.2, 0.25) is 11.8 Å². The van der Waals surface area contributed by atoms with E-state index < -0.39 is 0 Å². The Hall–Kier alpha value is -3.25. The average Bonchev–Trinajstić information content (AvgIpc) is 3.42. The van der Waals surface area contributed by atoms with Gasteiger partial charge in [-0.05, 0) is 59.6 Å². The van der Waals surface area contributed by atoms with E-state index >= 15 is 0 Å². The molecule has 0 bridgehead atoms. The Kier molecular flexibility index (Phi) is 7.85. The number of benzene rings is 2. The first-order valence-electron chi connectivity index (χ1n) is 13.4. The van der Waals surface area contributed by atoms with Crippen molar-refractivity contribution in [3.63, 3.8) is 0 Å².